The van der Waals surface area contributed by atoms with Gasteiger partial charge in [-0.05, 0) is 36.9 Å². The monoisotopic (exact) mass is 288 g/mol. The van der Waals surface area contributed by atoms with Crippen LogP contribution in [0.3, 0.4) is 0 Å². The molecule has 1 aromatic carbocycles. The maximum Gasteiger partial charge on any atom is 0.0623 e. The average molecular weight is 288 g/mol. The lowest BCUT2D eigenvalue weighted by Crippen LogP contribution is -2.42. The molecule has 0 aromatic heterocycles. The summed E-state index contributed by atoms with van der Waals surface area (Å²) < 4.78 is 5.71. The second kappa shape index (κ2) is 7.39. The first-order valence-corrected chi connectivity index (χ1v) is 8.47. The van der Waals surface area contributed by atoms with Crippen LogP contribution in [-0.4, -0.2) is 50.3 Å². The molecule has 2 unspecified atom stereocenters. The van der Waals surface area contributed by atoms with Gasteiger partial charge in [0.15, 0.2) is 0 Å². The molecule has 1 saturated heterocycles. The molecule has 2 heterocycles. The molecule has 0 saturated carbocycles. The summed E-state index contributed by atoms with van der Waals surface area (Å²) in [4.78, 5) is 2.64. The van der Waals surface area contributed by atoms with Crippen LogP contribution < -0.4 is 5.32 Å². The fraction of sp³-hybridized carbons (Fsp3) is 0.667. The molecular formula is C18H28N2O. The summed E-state index contributed by atoms with van der Waals surface area (Å²) >= 11 is 0. The summed E-state index contributed by atoms with van der Waals surface area (Å²) in [7, 11) is 0. The summed E-state index contributed by atoms with van der Waals surface area (Å²) in [5.74, 6) is 0.651. The number of benzene rings is 1. The van der Waals surface area contributed by atoms with Crippen molar-refractivity contribution in [1.82, 2.24) is 10.2 Å². The van der Waals surface area contributed by atoms with Crippen LogP contribution in [0.5, 0.6) is 0 Å². The number of nitrogens with one attached hydrogen (secondary N) is 1. The highest BCUT2D eigenvalue weighted by atomic mass is 16.5. The Balaban J connectivity index is 1.54. The van der Waals surface area contributed by atoms with E-state index in [9.17, 15) is 0 Å². The Morgan fingerprint density at radius 1 is 1.14 bits per heavy atom. The van der Waals surface area contributed by atoms with E-state index in [1.807, 2.05) is 0 Å². The fourth-order valence-corrected chi connectivity index (χ4v) is 3.56. The van der Waals surface area contributed by atoms with Crippen LogP contribution in [0.1, 0.15) is 24.5 Å². The third kappa shape index (κ3) is 3.85. The molecule has 0 radical (unpaired) electrons. The Kier molecular flexibility index (Phi) is 5.28. The zero-order valence-corrected chi connectivity index (χ0v) is 13.2. The van der Waals surface area contributed by atoms with Crippen LogP contribution >= 0.6 is 0 Å². The van der Waals surface area contributed by atoms with Crippen LogP contribution in [0.15, 0.2) is 24.3 Å². The molecule has 0 spiro atoms. The Morgan fingerprint density at radius 2 is 1.86 bits per heavy atom. The first-order chi connectivity index (χ1) is 10.4. The Bertz CT molecular complexity index is 422. The Labute approximate surface area is 128 Å². The quantitative estimate of drug-likeness (QED) is 0.898. The topological polar surface area (TPSA) is 24.5 Å². The highest BCUT2D eigenvalue weighted by Crippen LogP contribution is 2.19. The molecule has 0 amide bonds. The van der Waals surface area contributed by atoms with Gasteiger partial charge in [-0.3, -0.25) is 0 Å². The van der Waals surface area contributed by atoms with Crippen molar-refractivity contribution in [2.75, 3.05) is 39.4 Å². The highest BCUT2D eigenvalue weighted by molar-refractivity contribution is 5.28. The van der Waals surface area contributed by atoms with Gasteiger partial charge in [-0.2, -0.15) is 0 Å². The largest absolute Gasteiger partial charge is 0.379 e. The zero-order valence-electron chi connectivity index (χ0n) is 13.2. The predicted octanol–water partition coefficient (Wildman–Crippen LogP) is 2.10. The standard InChI is InChI=1S/C18H28N2O/c1-2-9-19-18-14-21-13-17(18)12-20-10-7-15-5-3-4-6-16(15)8-11-20/h3-6,17-19H,2,7-14H2,1H3. The van der Waals surface area contributed by atoms with E-state index in [4.69, 9.17) is 4.74 Å². The molecule has 3 heteroatoms. The zero-order chi connectivity index (χ0) is 14.5. The molecule has 21 heavy (non-hydrogen) atoms. The average Bonchev–Trinajstić information content (AvgIpc) is 2.85. The normalized spacial score (nSPS) is 26.5. The maximum atomic E-state index is 5.71. The van der Waals surface area contributed by atoms with E-state index in [-0.39, 0.29) is 0 Å². The van der Waals surface area contributed by atoms with Crippen molar-refractivity contribution in [3.63, 3.8) is 0 Å². The van der Waals surface area contributed by atoms with E-state index >= 15 is 0 Å². The van der Waals surface area contributed by atoms with Crippen molar-refractivity contribution in [1.29, 1.82) is 0 Å². The minimum atomic E-state index is 0.551. The second-order valence-electron chi connectivity index (χ2n) is 6.43. The number of hydrogen-bond acceptors (Lipinski definition) is 3. The third-order valence-electron chi connectivity index (χ3n) is 4.86. The highest BCUT2D eigenvalue weighted by Gasteiger charge is 2.29. The lowest BCUT2D eigenvalue weighted by Gasteiger charge is -2.26. The van der Waals surface area contributed by atoms with Gasteiger partial charge in [0.2, 0.25) is 0 Å². The van der Waals surface area contributed by atoms with E-state index in [1.54, 1.807) is 11.1 Å². The van der Waals surface area contributed by atoms with Crippen molar-refractivity contribution in [3.05, 3.63) is 35.4 Å². The minimum absolute atomic E-state index is 0.551. The first kappa shape index (κ1) is 15.0. The van der Waals surface area contributed by atoms with E-state index in [1.165, 1.54) is 38.9 Å². The Hall–Kier alpha value is -0.900. The molecule has 3 rings (SSSR count). The van der Waals surface area contributed by atoms with Gasteiger partial charge in [0.25, 0.3) is 0 Å². The van der Waals surface area contributed by atoms with Gasteiger partial charge in [-0.15, -0.1) is 0 Å². The van der Waals surface area contributed by atoms with Gasteiger partial charge in [0.05, 0.1) is 13.2 Å². The van der Waals surface area contributed by atoms with Gasteiger partial charge in [-0.1, -0.05) is 31.2 Å². The molecular weight excluding hydrogens is 260 g/mol. The molecule has 2 atom stereocenters. The van der Waals surface area contributed by atoms with Crippen molar-refractivity contribution in [3.8, 4) is 0 Å². The van der Waals surface area contributed by atoms with Crippen LogP contribution in [0.4, 0.5) is 0 Å². The van der Waals surface area contributed by atoms with Crippen LogP contribution in [0, 0.1) is 5.92 Å². The number of ether oxygens (including phenoxy) is 1. The number of nitrogens with zero attached hydrogens (tertiary/aromatic N) is 1. The van der Waals surface area contributed by atoms with Gasteiger partial charge < -0.3 is 15.0 Å². The molecule has 3 nitrogen and oxygen atoms in total. The molecule has 1 fully saturated rings. The van der Waals surface area contributed by atoms with Crippen LogP contribution in [0.25, 0.3) is 0 Å². The third-order valence-corrected chi connectivity index (χ3v) is 4.86. The maximum absolute atomic E-state index is 5.71. The number of rotatable bonds is 5. The molecule has 1 N–H and O–H groups in total. The molecule has 1 aromatic rings. The molecule has 0 aliphatic carbocycles. The van der Waals surface area contributed by atoms with Gasteiger partial charge >= 0.3 is 0 Å². The summed E-state index contributed by atoms with van der Waals surface area (Å²) in [5.41, 5.74) is 3.09. The van der Waals surface area contributed by atoms with E-state index < -0.39 is 0 Å². The molecule has 0 bridgehead atoms. The lowest BCUT2D eigenvalue weighted by molar-refractivity contribution is 0.168. The van der Waals surface area contributed by atoms with Crippen LogP contribution in [0.2, 0.25) is 0 Å². The van der Waals surface area contributed by atoms with Crippen molar-refractivity contribution in [2.45, 2.75) is 32.2 Å². The fourth-order valence-electron chi connectivity index (χ4n) is 3.56. The molecule has 116 valence electrons. The summed E-state index contributed by atoms with van der Waals surface area (Å²) in [6, 6.07) is 9.48. The van der Waals surface area contributed by atoms with E-state index in [0.717, 1.165) is 19.8 Å². The van der Waals surface area contributed by atoms with Gasteiger partial charge in [0, 0.05) is 31.6 Å². The SMILES string of the molecule is CCCNC1COCC1CN1CCc2ccccc2CC1. The first-order valence-electron chi connectivity index (χ1n) is 8.47. The summed E-state index contributed by atoms with van der Waals surface area (Å²) in [6.07, 6.45) is 3.58. The van der Waals surface area contributed by atoms with Crippen molar-refractivity contribution < 1.29 is 4.74 Å². The smallest absolute Gasteiger partial charge is 0.0623 e. The lowest BCUT2D eigenvalue weighted by atomic mass is 10.0. The van der Waals surface area contributed by atoms with Crippen molar-refractivity contribution in [2.24, 2.45) is 5.92 Å². The Morgan fingerprint density at radius 3 is 2.52 bits per heavy atom. The second-order valence-corrected chi connectivity index (χ2v) is 6.43. The molecule has 2 aliphatic heterocycles. The summed E-state index contributed by atoms with van der Waals surface area (Å²) in [5, 5.41) is 3.65. The van der Waals surface area contributed by atoms with Gasteiger partial charge in [0.1, 0.15) is 0 Å². The number of fused-ring (bicyclic) bond motifs is 1. The van der Waals surface area contributed by atoms with Crippen LogP contribution in [-0.2, 0) is 17.6 Å². The predicted molar refractivity (Wildman–Crippen MR) is 86.7 cm³/mol. The van der Waals surface area contributed by atoms with E-state index in [2.05, 4.69) is 41.4 Å². The van der Waals surface area contributed by atoms with Crippen molar-refractivity contribution >= 4 is 0 Å². The minimum Gasteiger partial charge on any atom is -0.379 e. The summed E-state index contributed by atoms with van der Waals surface area (Å²) in [6.45, 7) is 8.70. The van der Waals surface area contributed by atoms with Gasteiger partial charge in [-0.25, -0.2) is 0 Å². The molecule has 2 aliphatic rings. The van der Waals surface area contributed by atoms with E-state index in [0.29, 0.717) is 12.0 Å². The number of hydrogen-bond donors (Lipinski definition) is 1.